The average molecular weight is 178 g/mol. The number of hydrogen-bond donors (Lipinski definition) is 2. The van der Waals surface area contributed by atoms with E-state index in [0.717, 1.165) is 17.7 Å². The summed E-state index contributed by atoms with van der Waals surface area (Å²) in [7, 11) is 1.90. The third-order valence-corrected chi connectivity index (χ3v) is 1.63. The first kappa shape index (κ1) is 9.89. The van der Waals surface area contributed by atoms with Gasteiger partial charge in [-0.1, -0.05) is 12.2 Å². The van der Waals surface area contributed by atoms with Crippen LogP contribution in [0.5, 0.6) is 0 Å². The topological polar surface area (TPSA) is 45.2 Å². The van der Waals surface area contributed by atoms with Gasteiger partial charge in [-0.2, -0.15) is 0 Å². The summed E-state index contributed by atoms with van der Waals surface area (Å²) < 4.78 is 0. The Balaban J connectivity index is 2.66. The number of hydrogen-bond acceptors (Lipinski definition) is 3. The summed E-state index contributed by atoms with van der Waals surface area (Å²) in [6, 6.07) is 1.92. The van der Waals surface area contributed by atoms with Crippen LogP contribution in [0.4, 0.5) is 0 Å². The summed E-state index contributed by atoms with van der Waals surface area (Å²) >= 11 is 0. The van der Waals surface area contributed by atoms with Gasteiger partial charge in [0.05, 0.1) is 6.61 Å². The van der Waals surface area contributed by atoms with Gasteiger partial charge in [0.25, 0.3) is 0 Å². The number of aliphatic hydroxyl groups excluding tert-OH is 1. The van der Waals surface area contributed by atoms with Gasteiger partial charge in [-0.05, 0) is 24.2 Å². The van der Waals surface area contributed by atoms with E-state index in [1.807, 2.05) is 25.3 Å². The van der Waals surface area contributed by atoms with Gasteiger partial charge in [0.2, 0.25) is 0 Å². The molecule has 1 aromatic heterocycles. The van der Waals surface area contributed by atoms with Crippen LogP contribution in [-0.2, 0) is 6.61 Å². The first-order chi connectivity index (χ1) is 6.36. The van der Waals surface area contributed by atoms with Crippen LogP contribution in [-0.4, -0.2) is 23.7 Å². The molecule has 0 spiro atoms. The van der Waals surface area contributed by atoms with E-state index in [-0.39, 0.29) is 6.61 Å². The van der Waals surface area contributed by atoms with Gasteiger partial charge >= 0.3 is 0 Å². The molecule has 0 radical (unpaired) electrons. The minimum atomic E-state index is 0.0424. The van der Waals surface area contributed by atoms with Crippen molar-refractivity contribution in [3.8, 4) is 0 Å². The number of aromatic nitrogens is 1. The molecule has 13 heavy (non-hydrogen) atoms. The van der Waals surface area contributed by atoms with Gasteiger partial charge in [-0.15, -0.1) is 0 Å². The van der Waals surface area contributed by atoms with Gasteiger partial charge in [0.15, 0.2) is 0 Å². The lowest BCUT2D eigenvalue weighted by molar-refractivity contribution is 0.281. The zero-order valence-electron chi connectivity index (χ0n) is 7.70. The second-order valence-electron chi connectivity index (χ2n) is 2.74. The SMILES string of the molecule is CNCC=Cc1cncc(CO)c1. The Bertz CT molecular complexity index is 284. The molecule has 0 unspecified atom stereocenters. The summed E-state index contributed by atoms with van der Waals surface area (Å²) in [5.41, 5.74) is 1.86. The van der Waals surface area contributed by atoms with Gasteiger partial charge < -0.3 is 10.4 Å². The normalized spacial score (nSPS) is 10.9. The smallest absolute Gasteiger partial charge is 0.0697 e. The van der Waals surface area contributed by atoms with Crippen LogP contribution < -0.4 is 5.32 Å². The Hall–Kier alpha value is -1.19. The maximum atomic E-state index is 8.86. The van der Waals surface area contributed by atoms with Crippen molar-refractivity contribution in [3.63, 3.8) is 0 Å². The third-order valence-electron chi connectivity index (χ3n) is 1.63. The Morgan fingerprint density at radius 3 is 3.08 bits per heavy atom. The quantitative estimate of drug-likeness (QED) is 0.717. The highest BCUT2D eigenvalue weighted by molar-refractivity contribution is 5.48. The van der Waals surface area contributed by atoms with Crippen molar-refractivity contribution in [2.75, 3.05) is 13.6 Å². The second-order valence-corrected chi connectivity index (χ2v) is 2.74. The Morgan fingerprint density at radius 2 is 2.38 bits per heavy atom. The third kappa shape index (κ3) is 3.36. The van der Waals surface area contributed by atoms with Crippen molar-refractivity contribution < 1.29 is 5.11 Å². The van der Waals surface area contributed by atoms with Gasteiger partial charge in [-0.25, -0.2) is 0 Å². The van der Waals surface area contributed by atoms with Crippen LogP contribution in [0.25, 0.3) is 6.08 Å². The first-order valence-corrected chi connectivity index (χ1v) is 4.22. The predicted octanol–water partition coefficient (Wildman–Crippen LogP) is 0.806. The lowest BCUT2D eigenvalue weighted by Gasteiger charge is -1.96. The molecule has 70 valence electrons. The molecule has 0 atom stereocenters. The van der Waals surface area contributed by atoms with E-state index >= 15 is 0 Å². The fourth-order valence-corrected chi connectivity index (χ4v) is 0.998. The second kappa shape index (κ2) is 5.45. The van der Waals surface area contributed by atoms with Crippen molar-refractivity contribution >= 4 is 6.08 Å². The molecule has 0 saturated carbocycles. The van der Waals surface area contributed by atoms with E-state index < -0.39 is 0 Å². The molecule has 0 saturated heterocycles. The fourth-order valence-electron chi connectivity index (χ4n) is 0.998. The monoisotopic (exact) mass is 178 g/mol. The van der Waals surface area contributed by atoms with Crippen LogP contribution in [0.15, 0.2) is 24.5 Å². The lowest BCUT2D eigenvalue weighted by Crippen LogP contribution is -2.03. The number of pyridine rings is 1. The molecule has 0 amide bonds. The Labute approximate surface area is 78.1 Å². The molecule has 0 aliphatic heterocycles. The maximum Gasteiger partial charge on any atom is 0.0697 e. The molecule has 0 aromatic carbocycles. The van der Waals surface area contributed by atoms with E-state index in [1.54, 1.807) is 12.4 Å². The molecule has 3 heteroatoms. The molecule has 3 nitrogen and oxygen atoms in total. The highest BCUT2D eigenvalue weighted by atomic mass is 16.3. The predicted molar refractivity (Wildman–Crippen MR) is 53.1 cm³/mol. The van der Waals surface area contributed by atoms with Crippen LogP contribution in [0.2, 0.25) is 0 Å². The molecule has 1 rings (SSSR count). The van der Waals surface area contributed by atoms with Crippen LogP contribution in [0.3, 0.4) is 0 Å². The van der Waals surface area contributed by atoms with Crippen LogP contribution in [0.1, 0.15) is 11.1 Å². The fraction of sp³-hybridized carbons (Fsp3) is 0.300. The summed E-state index contributed by atoms with van der Waals surface area (Å²) in [4.78, 5) is 4.00. The van der Waals surface area contributed by atoms with E-state index in [2.05, 4.69) is 10.3 Å². The number of nitrogens with zero attached hydrogens (tertiary/aromatic N) is 1. The van der Waals surface area contributed by atoms with Gasteiger partial charge in [0, 0.05) is 18.9 Å². The molecule has 1 aromatic rings. The van der Waals surface area contributed by atoms with E-state index in [4.69, 9.17) is 5.11 Å². The molecule has 0 aliphatic rings. The molecule has 0 fully saturated rings. The largest absolute Gasteiger partial charge is 0.392 e. The molecule has 2 N–H and O–H groups in total. The number of likely N-dealkylation sites (N-methyl/N-ethyl adjacent to an activating group) is 1. The standard InChI is InChI=1S/C10H14N2O/c1-11-4-2-3-9-5-10(8-13)7-12-6-9/h2-3,5-7,11,13H,4,8H2,1H3. The highest BCUT2D eigenvalue weighted by Crippen LogP contribution is 2.04. The summed E-state index contributed by atoms with van der Waals surface area (Å²) in [5.74, 6) is 0. The minimum Gasteiger partial charge on any atom is -0.392 e. The Morgan fingerprint density at radius 1 is 1.54 bits per heavy atom. The van der Waals surface area contributed by atoms with E-state index in [1.165, 1.54) is 0 Å². The van der Waals surface area contributed by atoms with Gasteiger partial charge in [-0.3, -0.25) is 4.98 Å². The van der Waals surface area contributed by atoms with Crippen molar-refractivity contribution in [2.45, 2.75) is 6.61 Å². The van der Waals surface area contributed by atoms with Crippen molar-refractivity contribution in [1.82, 2.24) is 10.3 Å². The van der Waals surface area contributed by atoms with Crippen molar-refractivity contribution in [1.29, 1.82) is 0 Å². The van der Waals surface area contributed by atoms with Gasteiger partial charge in [0.1, 0.15) is 0 Å². The van der Waals surface area contributed by atoms with E-state index in [0.29, 0.717) is 0 Å². The van der Waals surface area contributed by atoms with Crippen LogP contribution >= 0.6 is 0 Å². The zero-order valence-corrected chi connectivity index (χ0v) is 7.70. The number of rotatable bonds is 4. The average Bonchev–Trinajstić information content (AvgIpc) is 2.19. The highest BCUT2D eigenvalue weighted by Gasteiger charge is 1.91. The van der Waals surface area contributed by atoms with Crippen molar-refractivity contribution in [3.05, 3.63) is 35.7 Å². The molecular weight excluding hydrogens is 164 g/mol. The Kier molecular flexibility index (Phi) is 4.15. The number of nitrogens with one attached hydrogen (secondary N) is 1. The van der Waals surface area contributed by atoms with Crippen LogP contribution in [0, 0.1) is 0 Å². The number of aliphatic hydroxyl groups is 1. The zero-order chi connectivity index (χ0) is 9.52. The summed E-state index contributed by atoms with van der Waals surface area (Å²) in [6.45, 7) is 0.879. The molecular formula is C10H14N2O. The maximum absolute atomic E-state index is 8.86. The molecule has 0 aliphatic carbocycles. The summed E-state index contributed by atoms with van der Waals surface area (Å²) in [6.07, 6.45) is 7.42. The summed E-state index contributed by atoms with van der Waals surface area (Å²) in [5, 5.41) is 11.9. The lowest BCUT2D eigenvalue weighted by atomic mass is 10.2. The van der Waals surface area contributed by atoms with E-state index in [9.17, 15) is 0 Å². The first-order valence-electron chi connectivity index (χ1n) is 4.22. The van der Waals surface area contributed by atoms with Crippen molar-refractivity contribution in [2.24, 2.45) is 0 Å². The molecule has 1 heterocycles. The minimum absolute atomic E-state index is 0.0424. The molecule has 0 bridgehead atoms.